The second-order valence-electron chi connectivity index (χ2n) is 3.06. The maximum Gasteiger partial charge on any atom is 0.0462 e. The third-order valence-corrected chi connectivity index (χ3v) is 1.53. The Hall–Kier alpha value is -0.340. The summed E-state index contributed by atoms with van der Waals surface area (Å²) in [5.41, 5.74) is 6.96. The van der Waals surface area contributed by atoms with Crippen LogP contribution in [0.4, 0.5) is 0 Å². The highest BCUT2D eigenvalue weighted by atomic mass is 16.5. The second-order valence-corrected chi connectivity index (χ2v) is 3.06. The minimum Gasteiger partial charge on any atom is -0.385 e. The molecule has 0 saturated carbocycles. The fourth-order valence-electron chi connectivity index (χ4n) is 1.04. The maximum atomic E-state index is 5.80. The Bertz CT molecular complexity index is 112. The summed E-state index contributed by atoms with van der Waals surface area (Å²) < 4.78 is 4.92. The van der Waals surface area contributed by atoms with Crippen molar-refractivity contribution in [1.82, 2.24) is 0 Å². The molecule has 0 fully saturated rings. The summed E-state index contributed by atoms with van der Waals surface area (Å²) in [5, 5.41) is 0. The molecule has 1 atom stereocenters. The Labute approximate surface area is 69.4 Å². The van der Waals surface area contributed by atoms with Gasteiger partial charge < -0.3 is 10.5 Å². The van der Waals surface area contributed by atoms with Crippen molar-refractivity contribution in [2.75, 3.05) is 13.7 Å². The number of nitrogens with two attached hydrogens (primary N) is 1. The quantitative estimate of drug-likeness (QED) is 0.470. The van der Waals surface area contributed by atoms with Crippen LogP contribution in [0.5, 0.6) is 0 Å². The normalized spacial score (nSPS) is 13.0. The molecule has 0 rings (SSSR count). The lowest BCUT2D eigenvalue weighted by Crippen LogP contribution is -2.20. The molecule has 0 saturated heterocycles. The smallest absolute Gasteiger partial charge is 0.0462 e. The Morgan fingerprint density at radius 3 is 2.73 bits per heavy atom. The number of methoxy groups -OCH3 is 1. The lowest BCUT2D eigenvalue weighted by Gasteiger charge is -2.09. The van der Waals surface area contributed by atoms with Crippen LogP contribution in [0.1, 0.15) is 26.2 Å². The number of ether oxygens (including phenoxy) is 1. The zero-order valence-electron chi connectivity index (χ0n) is 7.60. The van der Waals surface area contributed by atoms with Crippen molar-refractivity contribution >= 4 is 0 Å². The van der Waals surface area contributed by atoms with Gasteiger partial charge in [0.05, 0.1) is 0 Å². The van der Waals surface area contributed by atoms with Crippen molar-refractivity contribution in [3.63, 3.8) is 0 Å². The van der Waals surface area contributed by atoms with Gasteiger partial charge in [0, 0.05) is 19.8 Å². The molecule has 0 heterocycles. The highest BCUT2D eigenvalue weighted by Crippen LogP contribution is 2.04. The Morgan fingerprint density at radius 2 is 2.27 bits per heavy atom. The summed E-state index contributed by atoms with van der Waals surface area (Å²) in [6, 6.07) is 0.266. The lowest BCUT2D eigenvalue weighted by molar-refractivity contribution is 0.190. The summed E-state index contributed by atoms with van der Waals surface area (Å²) in [6.07, 6.45) is 3.01. The lowest BCUT2D eigenvalue weighted by atomic mass is 10.1. The van der Waals surface area contributed by atoms with Crippen molar-refractivity contribution in [3.8, 4) is 0 Å². The Morgan fingerprint density at radius 1 is 1.64 bits per heavy atom. The van der Waals surface area contributed by atoms with E-state index in [2.05, 4.69) is 6.58 Å². The molecular weight excluding hydrogens is 138 g/mol. The number of hydrogen-bond acceptors (Lipinski definition) is 2. The summed E-state index contributed by atoms with van der Waals surface area (Å²) in [7, 11) is 1.71. The highest BCUT2D eigenvalue weighted by molar-refractivity contribution is 4.91. The molecular formula is C9H19NO. The standard InChI is InChI=1S/C9H19NO/c1-8(2)7-9(10)5-4-6-11-3/h9H,1,4-7,10H2,2-3H3. The minimum absolute atomic E-state index is 0.266. The van der Waals surface area contributed by atoms with Crippen LogP contribution in [0.25, 0.3) is 0 Å². The average molecular weight is 157 g/mol. The summed E-state index contributed by atoms with van der Waals surface area (Å²) in [4.78, 5) is 0. The number of hydrogen-bond donors (Lipinski definition) is 1. The van der Waals surface area contributed by atoms with Crippen molar-refractivity contribution in [2.45, 2.75) is 32.2 Å². The molecule has 0 amide bonds. The van der Waals surface area contributed by atoms with Crippen LogP contribution in [0, 0.1) is 0 Å². The zero-order chi connectivity index (χ0) is 8.69. The van der Waals surface area contributed by atoms with Gasteiger partial charge in [-0.25, -0.2) is 0 Å². The molecule has 0 aromatic heterocycles. The Kier molecular flexibility index (Phi) is 6.18. The van der Waals surface area contributed by atoms with E-state index in [9.17, 15) is 0 Å². The van der Waals surface area contributed by atoms with Gasteiger partial charge in [-0.1, -0.05) is 5.57 Å². The van der Waals surface area contributed by atoms with Crippen LogP contribution in [0.15, 0.2) is 12.2 Å². The van der Waals surface area contributed by atoms with Crippen LogP contribution in [0.2, 0.25) is 0 Å². The van der Waals surface area contributed by atoms with Crippen LogP contribution >= 0.6 is 0 Å². The fourth-order valence-corrected chi connectivity index (χ4v) is 1.04. The van der Waals surface area contributed by atoms with E-state index in [1.165, 1.54) is 0 Å². The van der Waals surface area contributed by atoms with Crippen LogP contribution < -0.4 is 5.73 Å². The van der Waals surface area contributed by atoms with E-state index in [1.807, 2.05) is 6.92 Å². The highest BCUT2D eigenvalue weighted by Gasteiger charge is 2.01. The average Bonchev–Trinajstić information content (AvgIpc) is 1.86. The van der Waals surface area contributed by atoms with E-state index < -0.39 is 0 Å². The summed E-state index contributed by atoms with van der Waals surface area (Å²) in [5.74, 6) is 0. The first-order valence-corrected chi connectivity index (χ1v) is 4.05. The first-order valence-electron chi connectivity index (χ1n) is 4.05. The molecule has 0 radical (unpaired) electrons. The molecule has 66 valence electrons. The first-order chi connectivity index (χ1) is 5.16. The van der Waals surface area contributed by atoms with Gasteiger partial charge in [0.25, 0.3) is 0 Å². The largest absolute Gasteiger partial charge is 0.385 e. The molecule has 11 heavy (non-hydrogen) atoms. The van der Waals surface area contributed by atoms with Crippen molar-refractivity contribution < 1.29 is 4.74 Å². The molecule has 0 aromatic rings. The molecule has 0 aliphatic carbocycles. The van der Waals surface area contributed by atoms with E-state index >= 15 is 0 Å². The van der Waals surface area contributed by atoms with E-state index in [0.717, 1.165) is 31.4 Å². The van der Waals surface area contributed by atoms with Gasteiger partial charge in [0.1, 0.15) is 0 Å². The van der Waals surface area contributed by atoms with Gasteiger partial charge in [0.15, 0.2) is 0 Å². The monoisotopic (exact) mass is 157 g/mol. The predicted molar refractivity (Wildman–Crippen MR) is 48.5 cm³/mol. The molecule has 0 spiro atoms. The SMILES string of the molecule is C=C(C)CC(N)CCCOC. The molecule has 0 aliphatic heterocycles. The van der Waals surface area contributed by atoms with Gasteiger partial charge >= 0.3 is 0 Å². The van der Waals surface area contributed by atoms with Crippen molar-refractivity contribution in [2.24, 2.45) is 5.73 Å². The van der Waals surface area contributed by atoms with E-state index in [4.69, 9.17) is 10.5 Å². The van der Waals surface area contributed by atoms with Crippen LogP contribution in [0.3, 0.4) is 0 Å². The predicted octanol–water partition coefficient (Wildman–Crippen LogP) is 1.71. The van der Waals surface area contributed by atoms with Gasteiger partial charge in [-0.2, -0.15) is 0 Å². The molecule has 2 heteroatoms. The van der Waals surface area contributed by atoms with Crippen LogP contribution in [-0.4, -0.2) is 19.8 Å². The van der Waals surface area contributed by atoms with E-state index in [-0.39, 0.29) is 6.04 Å². The third kappa shape index (κ3) is 7.56. The number of rotatable bonds is 6. The Balaban J connectivity index is 3.22. The first kappa shape index (κ1) is 10.7. The summed E-state index contributed by atoms with van der Waals surface area (Å²) in [6.45, 7) is 6.63. The van der Waals surface area contributed by atoms with Gasteiger partial charge in [0.2, 0.25) is 0 Å². The topological polar surface area (TPSA) is 35.2 Å². The van der Waals surface area contributed by atoms with Gasteiger partial charge in [-0.3, -0.25) is 0 Å². The van der Waals surface area contributed by atoms with Gasteiger partial charge in [-0.05, 0) is 26.2 Å². The molecule has 0 bridgehead atoms. The minimum atomic E-state index is 0.266. The zero-order valence-corrected chi connectivity index (χ0v) is 7.60. The molecule has 2 nitrogen and oxygen atoms in total. The molecule has 0 aromatic carbocycles. The van der Waals surface area contributed by atoms with E-state index in [1.54, 1.807) is 7.11 Å². The van der Waals surface area contributed by atoms with Gasteiger partial charge in [-0.15, -0.1) is 6.58 Å². The molecule has 0 aliphatic rings. The van der Waals surface area contributed by atoms with Crippen molar-refractivity contribution in [1.29, 1.82) is 0 Å². The molecule has 2 N–H and O–H groups in total. The third-order valence-electron chi connectivity index (χ3n) is 1.53. The maximum absolute atomic E-state index is 5.80. The fraction of sp³-hybridized carbons (Fsp3) is 0.778. The van der Waals surface area contributed by atoms with Crippen molar-refractivity contribution in [3.05, 3.63) is 12.2 Å². The van der Waals surface area contributed by atoms with E-state index in [0.29, 0.717) is 0 Å². The van der Waals surface area contributed by atoms with Crippen LogP contribution in [-0.2, 0) is 4.74 Å². The second kappa shape index (κ2) is 6.38. The summed E-state index contributed by atoms with van der Waals surface area (Å²) >= 11 is 0. The molecule has 1 unspecified atom stereocenters.